The standard InChI is InChI=1S/C15H13NO5S/c1-20-13-9-11(16(18)19)5-8-14(13)22-12-6-3-10(4-7-12)15(17)21-2/h3-9H,1-2H3. The molecule has 0 aromatic heterocycles. The summed E-state index contributed by atoms with van der Waals surface area (Å²) in [7, 11) is 2.79. The summed E-state index contributed by atoms with van der Waals surface area (Å²) in [5.74, 6) is 0.0284. The largest absolute Gasteiger partial charge is 0.495 e. The van der Waals surface area contributed by atoms with Crippen LogP contribution in [-0.4, -0.2) is 25.1 Å². The highest BCUT2D eigenvalue weighted by Crippen LogP contribution is 2.37. The van der Waals surface area contributed by atoms with Gasteiger partial charge in [0.25, 0.3) is 5.69 Å². The summed E-state index contributed by atoms with van der Waals surface area (Å²) in [5, 5.41) is 10.8. The average molecular weight is 319 g/mol. The Hall–Kier alpha value is -2.54. The van der Waals surface area contributed by atoms with Crippen LogP contribution in [0.3, 0.4) is 0 Å². The highest BCUT2D eigenvalue weighted by molar-refractivity contribution is 7.99. The molecule has 0 unspecified atom stereocenters. The molecule has 0 N–H and O–H groups in total. The van der Waals surface area contributed by atoms with Crippen molar-refractivity contribution in [2.45, 2.75) is 9.79 Å². The van der Waals surface area contributed by atoms with Crippen molar-refractivity contribution in [3.05, 3.63) is 58.1 Å². The van der Waals surface area contributed by atoms with Crippen molar-refractivity contribution >= 4 is 23.4 Å². The molecule has 0 radical (unpaired) electrons. The molecule has 0 saturated heterocycles. The zero-order valence-corrected chi connectivity index (χ0v) is 12.8. The van der Waals surface area contributed by atoms with E-state index in [9.17, 15) is 14.9 Å². The molecule has 0 saturated carbocycles. The molecule has 0 bridgehead atoms. The zero-order chi connectivity index (χ0) is 16.1. The van der Waals surface area contributed by atoms with Gasteiger partial charge in [0.2, 0.25) is 0 Å². The van der Waals surface area contributed by atoms with Crippen LogP contribution in [0.1, 0.15) is 10.4 Å². The molecule has 2 aromatic carbocycles. The van der Waals surface area contributed by atoms with Crippen molar-refractivity contribution in [1.82, 2.24) is 0 Å². The lowest BCUT2D eigenvalue weighted by atomic mass is 10.2. The first-order valence-corrected chi connectivity index (χ1v) is 7.05. The van der Waals surface area contributed by atoms with E-state index in [0.717, 1.165) is 9.79 Å². The van der Waals surface area contributed by atoms with E-state index in [2.05, 4.69) is 4.74 Å². The fourth-order valence-corrected chi connectivity index (χ4v) is 2.66. The number of hydrogen-bond acceptors (Lipinski definition) is 6. The number of nitrogens with zero attached hydrogens (tertiary/aromatic N) is 1. The van der Waals surface area contributed by atoms with E-state index in [1.807, 2.05) is 0 Å². The zero-order valence-electron chi connectivity index (χ0n) is 11.9. The number of hydrogen-bond donors (Lipinski definition) is 0. The quantitative estimate of drug-likeness (QED) is 0.476. The third-order valence-electron chi connectivity index (χ3n) is 2.86. The van der Waals surface area contributed by atoms with Crippen molar-refractivity contribution in [3.8, 4) is 5.75 Å². The first-order chi connectivity index (χ1) is 10.5. The van der Waals surface area contributed by atoms with Crippen molar-refractivity contribution in [1.29, 1.82) is 0 Å². The summed E-state index contributed by atoms with van der Waals surface area (Å²) in [6.45, 7) is 0. The Kier molecular flexibility index (Phi) is 5.00. The molecule has 2 aromatic rings. The number of nitro benzene ring substituents is 1. The molecule has 0 heterocycles. The van der Waals surface area contributed by atoms with Gasteiger partial charge in [-0.2, -0.15) is 0 Å². The van der Waals surface area contributed by atoms with Gasteiger partial charge in [-0.25, -0.2) is 4.79 Å². The molecule has 0 atom stereocenters. The number of benzene rings is 2. The van der Waals surface area contributed by atoms with Crippen LogP contribution < -0.4 is 4.74 Å². The van der Waals surface area contributed by atoms with Gasteiger partial charge in [-0.05, 0) is 30.3 Å². The molecule has 114 valence electrons. The number of non-ortho nitro benzene ring substituents is 1. The van der Waals surface area contributed by atoms with Crippen LogP contribution in [0.5, 0.6) is 5.75 Å². The van der Waals surface area contributed by atoms with Gasteiger partial charge >= 0.3 is 5.97 Å². The Morgan fingerprint density at radius 1 is 1.14 bits per heavy atom. The van der Waals surface area contributed by atoms with Gasteiger partial charge in [0, 0.05) is 11.0 Å². The van der Waals surface area contributed by atoms with Crippen LogP contribution in [0.2, 0.25) is 0 Å². The number of ether oxygens (including phenoxy) is 2. The predicted octanol–water partition coefficient (Wildman–Crippen LogP) is 3.54. The molecule has 0 aliphatic rings. The molecular weight excluding hydrogens is 306 g/mol. The Bertz CT molecular complexity index is 700. The molecule has 2 rings (SSSR count). The SMILES string of the molecule is COC(=O)c1ccc(Sc2ccc([N+](=O)[O-])cc2OC)cc1. The summed E-state index contributed by atoms with van der Waals surface area (Å²) < 4.78 is 9.83. The Morgan fingerprint density at radius 3 is 2.36 bits per heavy atom. The van der Waals surface area contributed by atoms with Crippen LogP contribution in [0.4, 0.5) is 5.69 Å². The molecule has 6 nitrogen and oxygen atoms in total. The lowest BCUT2D eigenvalue weighted by Crippen LogP contribution is -2.00. The summed E-state index contributed by atoms with van der Waals surface area (Å²) in [6.07, 6.45) is 0. The van der Waals surface area contributed by atoms with Gasteiger partial charge in [0.1, 0.15) is 5.75 Å². The van der Waals surface area contributed by atoms with Crippen LogP contribution in [0, 0.1) is 10.1 Å². The summed E-state index contributed by atoms with van der Waals surface area (Å²) in [4.78, 5) is 23.3. The fourth-order valence-electron chi connectivity index (χ4n) is 1.76. The summed E-state index contributed by atoms with van der Waals surface area (Å²) >= 11 is 1.39. The second kappa shape index (κ2) is 6.95. The highest BCUT2D eigenvalue weighted by Gasteiger charge is 2.13. The molecule has 0 fully saturated rings. The number of methoxy groups -OCH3 is 2. The minimum Gasteiger partial charge on any atom is -0.495 e. The normalized spacial score (nSPS) is 10.1. The van der Waals surface area contributed by atoms with Crippen molar-refractivity contribution < 1.29 is 19.2 Å². The number of rotatable bonds is 5. The van der Waals surface area contributed by atoms with E-state index in [4.69, 9.17) is 4.74 Å². The number of esters is 1. The lowest BCUT2D eigenvalue weighted by Gasteiger charge is -2.08. The molecule has 0 spiro atoms. The number of nitro groups is 1. The van der Waals surface area contributed by atoms with Gasteiger partial charge < -0.3 is 9.47 Å². The van der Waals surface area contributed by atoms with Crippen molar-refractivity contribution in [3.63, 3.8) is 0 Å². The Balaban J connectivity index is 2.23. The van der Waals surface area contributed by atoms with E-state index >= 15 is 0 Å². The molecule has 0 amide bonds. The Labute approximate surface area is 131 Å². The van der Waals surface area contributed by atoms with E-state index < -0.39 is 10.9 Å². The van der Waals surface area contributed by atoms with Gasteiger partial charge in [-0.3, -0.25) is 10.1 Å². The number of carbonyl (C=O) groups excluding carboxylic acids is 1. The molecule has 7 heteroatoms. The first kappa shape index (κ1) is 15.8. The molecule has 0 aliphatic carbocycles. The smallest absolute Gasteiger partial charge is 0.337 e. The van der Waals surface area contributed by atoms with Crippen LogP contribution in [-0.2, 0) is 4.74 Å². The molecule has 22 heavy (non-hydrogen) atoms. The average Bonchev–Trinajstić information content (AvgIpc) is 2.55. The maximum absolute atomic E-state index is 11.4. The first-order valence-electron chi connectivity index (χ1n) is 6.24. The van der Waals surface area contributed by atoms with Gasteiger partial charge in [0.05, 0.1) is 35.7 Å². The summed E-state index contributed by atoms with van der Waals surface area (Å²) in [5.41, 5.74) is 0.435. The van der Waals surface area contributed by atoms with E-state index in [1.54, 1.807) is 30.3 Å². The van der Waals surface area contributed by atoms with Crippen molar-refractivity contribution in [2.75, 3.05) is 14.2 Å². The van der Waals surface area contributed by atoms with Crippen LogP contribution in [0.25, 0.3) is 0 Å². The molecule has 0 aliphatic heterocycles. The van der Waals surface area contributed by atoms with Gasteiger partial charge in [-0.1, -0.05) is 11.8 Å². The third kappa shape index (κ3) is 3.56. The topological polar surface area (TPSA) is 78.7 Å². The fraction of sp³-hybridized carbons (Fsp3) is 0.133. The van der Waals surface area contributed by atoms with E-state index in [0.29, 0.717) is 11.3 Å². The number of carbonyl (C=O) groups is 1. The minimum absolute atomic E-state index is 0.0257. The highest BCUT2D eigenvalue weighted by atomic mass is 32.2. The Morgan fingerprint density at radius 2 is 1.82 bits per heavy atom. The van der Waals surface area contributed by atoms with Gasteiger partial charge in [0.15, 0.2) is 0 Å². The third-order valence-corrected chi connectivity index (χ3v) is 3.93. The maximum Gasteiger partial charge on any atom is 0.337 e. The minimum atomic E-state index is -0.470. The van der Waals surface area contributed by atoms with Gasteiger partial charge in [-0.15, -0.1) is 0 Å². The second-order valence-corrected chi connectivity index (χ2v) is 5.33. The molecular formula is C15H13NO5S. The lowest BCUT2D eigenvalue weighted by molar-refractivity contribution is -0.385. The second-order valence-electron chi connectivity index (χ2n) is 4.21. The predicted molar refractivity (Wildman–Crippen MR) is 81.6 cm³/mol. The van der Waals surface area contributed by atoms with Crippen LogP contribution in [0.15, 0.2) is 52.3 Å². The summed E-state index contributed by atoms with van der Waals surface area (Å²) in [6, 6.07) is 11.3. The van der Waals surface area contributed by atoms with Crippen LogP contribution >= 0.6 is 11.8 Å². The van der Waals surface area contributed by atoms with E-state index in [1.165, 1.54) is 38.1 Å². The maximum atomic E-state index is 11.4. The monoisotopic (exact) mass is 319 g/mol. The van der Waals surface area contributed by atoms with Crippen molar-refractivity contribution in [2.24, 2.45) is 0 Å². The van der Waals surface area contributed by atoms with E-state index in [-0.39, 0.29) is 5.69 Å².